The number of rotatable bonds is 6. The van der Waals surface area contributed by atoms with Crippen molar-refractivity contribution in [3.05, 3.63) is 106 Å². The van der Waals surface area contributed by atoms with Crippen molar-refractivity contribution in [1.82, 2.24) is 0 Å². The van der Waals surface area contributed by atoms with E-state index in [0.29, 0.717) is 17.5 Å². The molecule has 0 spiro atoms. The summed E-state index contributed by atoms with van der Waals surface area (Å²) in [7, 11) is 0. The summed E-state index contributed by atoms with van der Waals surface area (Å²) in [6, 6.07) is 24.1. The lowest BCUT2D eigenvalue weighted by Gasteiger charge is -2.17. The molecule has 3 rings (SSSR count). The van der Waals surface area contributed by atoms with E-state index < -0.39 is 0 Å². The molecule has 0 saturated carbocycles. The highest BCUT2D eigenvalue weighted by molar-refractivity contribution is 6.08. The first-order chi connectivity index (χ1) is 12.6. The molecule has 2 nitrogen and oxygen atoms in total. The third-order valence-electron chi connectivity index (χ3n) is 4.60. The number of ketones is 2. The Hall–Kier alpha value is -3.00. The van der Waals surface area contributed by atoms with Crippen LogP contribution >= 0.6 is 0 Å². The zero-order chi connectivity index (χ0) is 18.5. The quantitative estimate of drug-likeness (QED) is 0.572. The number of benzene rings is 3. The van der Waals surface area contributed by atoms with Gasteiger partial charge in [0.05, 0.1) is 0 Å². The van der Waals surface area contributed by atoms with Crippen molar-refractivity contribution in [2.45, 2.75) is 26.7 Å². The molecule has 0 unspecified atom stereocenters. The van der Waals surface area contributed by atoms with Crippen LogP contribution in [0.1, 0.15) is 56.8 Å². The van der Waals surface area contributed by atoms with Crippen molar-refractivity contribution in [3.63, 3.8) is 0 Å². The molecule has 0 bridgehead atoms. The Balaban J connectivity index is 2.15. The molecule has 3 aromatic rings. The molecule has 130 valence electrons. The highest BCUT2D eigenvalue weighted by Gasteiger charge is 2.19. The lowest BCUT2D eigenvalue weighted by atomic mass is 9.86. The SMILES string of the molecule is CC(=O)c1ccc(Cc2ccccc2)c(Cc2ccccc2)c1C(C)=O. The van der Waals surface area contributed by atoms with Crippen LogP contribution in [0.2, 0.25) is 0 Å². The maximum absolute atomic E-state index is 12.4. The van der Waals surface area contributed by atoms with Gasteiger partial charge >= 0.3 is 0 Å². The standard InChI is InChI=1S/C24H22O2/c1-17(25)22-14-13-21(15-19-9-5-3-6-10-19)23(24(22)18(2)26)16-20-11-7-4-8-12-20/h3-14H,15-16H2,1-2H3. The van der Waals surface area contributed by atoms with Gasteiger partial charge in [-0.3, -0.25) is 9.59 Å². The summed E-state index contributed by atoms with van der Waals surface area (Å²) in [6.45, 7) is 3.06. The first kappa shape index (κ1) is 17.8. The molecular weight excluding hydrogens is 320 g/mol. The largest absolute Gasteiger partial charge is 0.294 e. The first-order valence-electron chi connectivity index (χ1n) is 8.80. The van der Waals surface area contributed by atoms with Gasteiger partial charge in [-0.2, -0.15) is 0 Å². The van der Waals surface area contributed by atoms with Gasteiger partial charge in [-0.15, -0.1) is 0 Å². The molecule has 0 aliphatic heterocycles. The van der Waals surface area contributed by atoms with Gasteiger partial charge in [0.15, 0.2) is 11.6 Å². The van der Waals surface area contributed by atoms with Crippen LogP contribution in [0, 0.1) is 0 Å². The molecule has 26 heavy (non-hydrogen) atoms. The molecule has 0 aliphatic carbocycles. The molecule has 0 aliphatic rings. The van der Waals surface area contributed by atoms with E-state index in [2.05, 4.69) is 24.3 Å². The van der Waals surface area contributed by atoms with Crippen molar-refractivity contribution < 1.29 is 9.59 Å². The zero-order valence-electron chi connectivity index (χ0n) is 15.2. The van der Waals surface area contributed by atoms with Gasteiger partial charge in [0, 0.05) is 11.1 Å². The lowest BCUT2D eigenvalue weighted by molar-refractivity contribution is 0.0980. The number of carbonyl (C=O) groups excluding carboxylic acids is 2. The average molecular weight is 342 g/mol. The monoisotopic (exact) mass is 342 g/mol. The van der Waals surface area contributed by atoms with Crippen LogP contribution in [-0.4, -0.2) is 11.6 Å². The number of hydrogen-bond acceptors (Lipinski definition) is 2. The minimum atomic E-state index is -0.0734. The topological polar surface area (TPSA) is 34.1 Å². The molecular formula is C24H22O2. The van der Waals surface area contributed by atoms with Crippen molar-refractivity contribution in [2.75, 3.05) is 0 Å². The predicted octanol–water partition coefficient (Wildman–Crippen LogP) is 5.27. The van der Waals surface area contributed by atoms with Crippen LogP contribution in [0.25, 0.3) is 0 Å². The Labute approximate surface area is 154 Å². The Kier molecular flexibility index (Phi) is 5.43. The molecule has 0 fully saturated rings. The fourth-order valence-electron chi connectivity index (χ4n) is 3.37. The maximum atomic E-state index is 12.4. The third kappa shape index (κ3) is 3.97. The van der Waals surface area contributed by atoms with Gasteiger partial charge < -0.3 is 0 Å². The fourth-order valence-corrected chi connectivity index (χ4v) is 3.37. The van der Waals surface area contributed by atoms with E-state index >= 15 is 0 Å². The maximum Gasteiger partial charge on any atom is 0.160 e. The van der Waals surface area contributed by atoms with Crippen LogP contribution in [0.4, 0.5) is 0 Å². The summed E-state index contributed by atoms with van der Waals surface area (Å²) >= 11 is 0. The van der Waals surface area contributed by atoms with E-state index in [9.17, 15) is 9.59 Å². The Bertz CT molecular complexity index is 925. The Morgan fingerprint density at radius 1 is 0.654 bits per heavy atom. The second kappa shape index (κ2) is 7.92. The molecule has 0 radical (unpaired) electrons. The second-order valence-electron chi connectivity index (χ2n) is 6.56. The molecule has 0 heterocycles. The smallest absolute Gasteiger partial charge is 0.160 e. The summed E-state index contributed by atoms with van der Waals surface area (Å²) < 4.78 is 0. The lowest BCUT2D eigenvalue weighted by Crippen LogP contribution is -2.12. The van der Waals surface area contributed by atoms with Crippen molar-refractivity contribution in [2.24, 2.45) is 0 Å². The van der Waals surface area contributed by atoms with Crippen molar-refractivity contribution in [1.29, 1.82) is 0 Å². The summed E-state index contributed by atoms with van der Waals surface area (Å²) in [6.07, 6.45) is 1.38. The normalized spacial score (nSPS) is 10.5. The zero-order valence-corrected chi connectivity index (χ0v) is 15.2. The average Bonchev–Trinajstić information content (AvgIpc) is 2.64. The minimum absolute atomic E-state index is 0.0592. The summed E-state index contributed by atoms with van der Waals surface area (Å²) in [5.74, 6) is -0.133. The molecule has 0 N–H and O–H groups in total. The van der Waals surface area contributed by atoms with E-state index in [-0.39, 0.29) is 11.6 Å². The number of carbonyl (C=O) groups is 2. The van der Waals surface area contributed by atoms with E-state index in [4.69, 9.17) is 0 Å². The minimum Gasteiger partial charge on any atom is -0.294 e. The van der Waals surface area contributed by atoms with Crippen LogP contribution in [-0.2, 0) is 12.8 Å². The van der Waals surface area contributed by atoms with Crippen molar-refractivity contribution in [3.8, 4) is 0 Å². The fraction of sp³-hybridized carbons (Fsp3) is 0.167. The van der Waals surface area contributed by atoms with Crippen molar-refractivity contribution >= 4 is 11.6 Å². The molecule has 3 aromatic carbocycles. The molecule has 0 amide bonds. The number of Topliss-reactive ketones (excluding diaryl/α,β-unsaturated/α-hetero) is 2. The first-order valence-corrected chi connectivity index (χ1v) is 8.80. The van der Waals surface area contributed by atoms with Gasteiger partial charge in [0.25, 0.3) is 0 Å². The van der Waals surface area contributed by atoms with E-state index in [1.54, 1.807) is 13.0 Å². The highest BCUT2D eigenvalue weighted by atomic mass is 16.1. The van der Waals surface area contributed by atoms with Crippen LogP contribution in [0.15, 0.2) is 72.8 Å². The number of hydrogen-bond donors (Lipinski definition) is 0. The second-order valence-corrected chi connectivity index (χ2v) is 6.56. The Morgan fingerprint density at radius 3 is 1.69 bits per heavy atom. The molecule has 0 saturated heterocycles. The van der Waals surface area contributed by atoms with Gasteiger partial charge in [0.2, 0.25) is 0 Å². The Morgan fingerprint density at radius 2 is 1.19 bits per heavy atom. The highest BCUT2D eigenvalue weighted by Crippen LogP contribution is 2.26. The summed E-state index contributed by atoms with van der Waals surface area (Å²) in [5.41, 5.74) is 5.45. The third-order valence-corrected chi connectivity index (χ3v) is 4.60. The molecule has 2 heteroatoms. The van der Waals surface area contributed by atoms with Crippen LogP contribution < -0.4 is 0 Å². The van der Waals surface area contributed by atoms with E-state index in [1.807, 2.05) is 42.5 Å². The van der Waals surface area contributed by atoms with E-state index in [1.165, 1.54) is 12.5 Å². The van der Waals surface area contributed by atoms with Gasteiger partial charge in [-0.05, 0) is 48.9 Å². The van der Waals surface area contributed by atoms with Gasteiger partial charge in [0.1, 0.15) is 0 Å². The van der Waals surface area contributed by atoms with Crippen LogP contribution in [0.3, 0.4) is 0 Å². The van der Waals surface area contributed by atoms with Gasteiger partial charge in [-0.1, -0.05) is 72.8 Å². The van der Waals surface area contributed by atoms with Crippen LogP contribution in [0.5, 0.6) is 0 Å². The molecule has 0 aromatic heterocycles. The van der Waals surface area contributed by atoms with E-state index in [0.717, 1.165) is 23.1 Å². The summed E-state index contributed by atoms with van der Waals surface area (Å²) in [4.78, 5) is 24.5. The molecule has 0 atom stereocenters. The van der Waals surface area contributed by atoms with Gasteiger partial charge in [-0.25, -0.2) is 0 Å². The predicted molar refractivity (Wildman–Crippen MR) is 105 cm³/mol. The summed E-state index contributed by atoms with van der Waals surface area (Å²) in [5, 5.41) is 0.